The van der Waals surface area contributed by atoms with Crippen LogP contribution in [-0.4, -0.2) is 29.3 Å². The van der Waals surface area contributed by atoms with Crippen molar-refractivity contribution in [2.24, 2.45) is 35.5 Å². The van der Waals surface area contributed by atoms with Gasteiger partial charge in [0.1, 0.15) is 0 Å². The molecule has 0 spiro atoms. The van der Waals surface area contributed by atoms with Crippen LogP contribution in [0.15, 0.2) is 18.2 Å². The van der Waals surface area contributed by atoms with Crippen molar-refractivity contribution in [1.29, 1.82) is 0 Å². The molecule has 3 aromatic heterocycles. The summed E-state index contributed by atoms with van der Waals surface area (Å²) in [5.74, 6) is 2.69. The van der Waals surface area contributed by atoms with Gasteiger partial charge in [-0.25, -0.2) is 0 Å². The van der Waals surface area contributed by atoms with Crippen molar-refractivity contribution in [1.82, 2.24) is 29.3 Å². The Morgan fingerprint density at radius 1 is 0.488 bits per heavy atom. The average Bonchev–Trinajstić information content (AvgIpc) is 3.51. The van der Waals surface area contributed by atoms with Crippen molar-refractivity contribution in [2.75, 3.05) is 0 Å². The van der Waals surface area contributed by atoms with Gasteiger partial charge in [0.2, 0.25) is 0 Å². The molecule has 0 fully saturated rings. The Balaban J connectivity index is 2.55. The zero-order chi connectivity index (χ0) is 32.2. The number of halogens is 2. The molecule has 3 aromatic rings. The van der Waals surface area contributed by atoms with Crippen molar-refractivity contribution < 1.29 is 12.1 Å². The standard InChI is InChI=1S/C34H57N6.2ClH.Mn/c1-22(2)13-28-19-31(16-25(7)8)38(35-28)34(39-32(17-26(9)10)20-29(36-39)14-23(3)4)40-33(18-27(11)12)21-30(37-40)15-24(5)6;;;/h19-27H,13-18H2,1-12H3;2*1H;/q;;;+2/p-2. The van der Waals surface area contributed by atoms with Gasteiger partial charge in [-0.3, -0.25) is 0 Å². The molecule has 43 heavy (non-hydrogen) atoms. The molecule has 0 saturated carbocycles. The first-order valence-corrected chi connectivity index (χ1v) is 20.2. The van der Waals surface area contributed by atoms with Crippen LogP contribution in [0.5, 0.6) is 0 Å². The maximum atomic E-state index is 7.46. The quantitative estimate of drug-likeness (QED) is 0.142. The SMILES string of the molecule is CC(C)Cc1cc(CC(C)C)n([C](n2nc(CC(C)C)cc2CC(C)C)(n2nc(CC(C)C)cc2CC(C)C)[Mn]([Cl])[Cl])n1. The summed E-state index contributed by atoms with van der Waals surface area (Å²) in [6, 6.07) is 6.82. The molecule has 0 radical (unpaired) electrons. The number of rotatable bonds is 16. The fraction of sp³-hybridized carbons (Fsp3) is 0.735. The van der Waals surface area contributed by atoms with Crippen molar-refractivity contribution >= 4 is 20.2 Å². The summed E-state index contributed by atoms with van der Waals surface area (Å²) in [4.78, 5) is 0. The van der Waals surface area contributed by atoms with E-state index in [9.17, 15) is 0 Å². The molecule has 9 heteroatoms. The monoisotopic (exact) mass is 674 g/mol. The molecular weight excluding hydrogens is 618 g/mol. The third-order valence-corrected chi connectivity index (χ3v) is 10.1. The van der Waals surface area contributed by atoms with Crippen molar-refractivity contribution in [3.63, 3.8) is 0 Å². The first-order valence-electron chi connectivity index (χ1n) is 16.3. The topological polar surface area (TPSA) is 53.5 Å². The Morgan fingerprint density at radius 2 is 0.721 bits per heavy atom. The van der Waals surface area contributed by atoms with Gasteiger partial charge < -0.3 is 0 Å². The summed E-state index contributed by atoms with van der Waals surface area (Å²) < 4.78 is 5.32. The van der Waals surface area contributed by atoms with E-state index in [4.69, 9.17) is 35.5 Å². The average molecular weight is 676 g/mol. The number of hydrogen-bond acceptors (Lipinski definition) is 3. The molecule has 3 rings (SSSR count). The molecule has 0 bridgehead atoms. The van der Waals surface area contributed by atoms with E-state index in [-0.39, 0.29) is 0 Å². The van der Waals surface area contributed by atoms with Crippen LogP contribution >= 0.6 is 20.2 Å². The van der Waals surface area contributed by atoms with Crippen LogP contribution in [0.1, 0.15) is 117 Å². The molecule has 3 heterocycles. The number of aromatic nitrogens is 6. The van der Waals surface area contributed by atoms with E-state index in [0.717, 1.165) is 72.7 Å². The van der Waals surface area contributed by atoms with Gasteiger partial charge in [-0.15, -0.1) is 0 Å². The van der Waals surface area contributed by atoms with Crippen molar-refractivity contribution in [3.8, 4) is 0 Å². The Bertz CT molecular complexity index is 1150. The van der Waals surface area contributed by atoms with Gasteiger partial charge in [-0.2, -0.15) is 0 Å². The van der Waals surface area contributed by atoms with Crippen LogP contribution in [-0.2, 0) is 55.3 Å². The van der Waals surface area contributed by atoms with E-state index in [1.54, 1.807) is 0 Å². The second-order valence-corrected chi connectivity index (χ2v) is 19.3. The summed E-state index contributed by atoms with van der Waals surface area (Å²) >= 11 is -2.29. The summed E-state index contributed by atoms with van der Waals surface area (Å²) in [6.07, 6.45) is 5.22. The maximum absolute atomic E-state index is 7.46. The van der Waals surface area contributed by atoms with Gasteiger partial charge in [0, 0.05) is 0 Å². The van der Waals surface area contributed by atoms with Crippen LogP contribution in [0.25, 0.3) is 0 Å². The van der Waals surface area contributed by atoms with Crippen LogP contribution < -0.4 is 0 Å². The van der Waals surface area contributed by atoms with E-state index < -0.39 is 16.8 Å². The van der Waals surface area contributed by atoms with Crippen molar-refractivity contribution in [3.05, 3.63) is 52.4 Å². The summed E-state index contributed by atoms with van der Waals surface area (Å²) in [7, 11) is 14.9. The molecule has 0 amide bonds. The zero-order valence-corrected chi connectivity index (χ0v) is 31.4. The van der Waals surface area contributed by atoms with Gasteiger partial charge in [-0.1, -0.05) is 0 Å². The Hall–Kier alpha value is -1.27. The minimum absolute atomic E-state index is 0.426. The van der Waals surface area contributed by atoms with E-state index >= 15 is 0 Å². The van der Waals surface area contributed by atoms with Crippen LogP contribution in [0.2, 0.25) is 0 Å². The van der Waals surface area contributed by atoms with Crippen LogP contribution in [0.3, 0.4) is 0 Å². The molecule has 0 unspecified atom stereocenters. The zero-order valence-electron chi connectivity index (χ0n) is 28.8. The second kappa shape index (κ2) is 15.3. The first-order chi connectivity index (χ1) is 20.0. The number of hydrogen-bond donors (Lipinski definition) is 0. The van der Waals surface area contributed by atoms with Crippen LogP contribution in [0.4, 0.5) is 0 Å². The molecule has 244 valence electrons. The molecule has 0 atom stereocenters. The second-order valence-electron chi connectivity index (χ2n) is 15.0. The first kappa shape index (κ1) is 36.2. The fourth-order valence-electron chi connectivity index (χ4n) is 5.86. The van der Waals surface area contributed by atoms with Crippen molar-refractivity contribution in [2.45, 2.75) is 126 Å². The molecule has 0 N–H and O–H groups in total. The van der Waals surface area contributed by atoms with E-state index in [1.807, 2.05) is 0 Å². The predicted octanol–water partition coefficient (Wildman–Crippen LogP) is 9.06. The fourth-order valence-corrected chi connectivity index (χ4v) is 8.61. The molecule has 0 aromatic carbocycles. The molecule has 6 nitrogen and oxygen atoms in total. The summed E-state index contributed by atoms with van der Waals surface area (Å²) in [5, 5.41) is 16.1. The number of nitrogens with zero attached hydrogens (tertiary/aromatic N) is 6. The molecule has 0 aliphatic heterocycles. The van der Waals surface area contributed by atoms with E-state index in [0.29, 0.717) is 35.5 Å². The summed E-state index contributed by atoms with van der Waals surface area (Å²) in [5.41, 5.74) is 6.57. The van der Waals surface area contributed by atoms with Gasteiger partial charge in [-0.05, 0) is 0 Å². The predicted molar refractivity (Wildman–Crippen MR) is 178 cm³/mol. The third kappa shape index (κ3) is 8.93. The third-order valence-electron chi connectivity index (χ3n) is 7.21. The molecular formula is C34H57Cl2MnN6. The molecule has 0 saturated heterocycles. The van der Waals surface area contributed by atoms with Gasteiger partial charge in [0.05, 0.1) is 0 Å². The normalized spacial score (nSPS) is 13.3. The molecule has 0 aliphatic rings. The minimum atomic E-state index is -2.29. The summed E-state index contributed by atoms with van der Waals surface area (Å²) in [6.45, 7) is 27.0. The van der Waals surface area contributed by atoms with E-state index in [1.165, 1.54) is 0 Å². The van der Waals surface area contributed by atoms with Gasteiger partial charge in [0.15, 0.2) is 0 Å². The molecule has 0 aliphatic carbocycles. The Labute approximate surface area is 274 Å². The Kier molecular flexibility index (Phi) is 12.9. The van der Waals surface area contributed by atoms with Crippen LogP contribution in [0, 0.1) is 35.5 Å². The van der Waals surface area contributed by atoms with E-state index in [2.05, 4.69) is 115 Å². The van der Waals surface area contributed by atoms with Gasteiger partial charge in [0.25, 0.3) is 0 Å². The Morgan fingerprint density at radius 3 is 0.907 bits per heavy atom. The van der Waals surface area contributed by atoms with Gasteiger partial charge >= 0.3 is 276 Å².